The highest BCUT2D eigenvalue weighted by Crippen LogP contribution is 2.36. The summed E-state index contributed by atoms with van der Waals surface area (Å²) in [7, 11) is -3.19. The van der Waals surface area contributed by atoms with Crippen LogP contribution in [0.3, 0.4) is 0 Å². The lowest BCUT2D eigenvalue weighted by molar-refractivity contribution is 0.220. The SMILES string of the molecule is O=C1NCCN1CCS(=O)(=O)Cc1ccc(C2CCC2)cc1. The number of benzene rings is 1. The molecule has 2 amide bonds. The summed E-state index contributed by atoms with van der Waals surface area (Å²) in [5, 5.41) is 2.68. The Labute approximate surface area is 131 Å². The van der Waals surface area contributed by atoms with Crippen molar-refractivity contribution in [3.05, 3.63) is 35.4 Å². The molecule has 1 N–H and O–H groups in total. The Kier molecular flexibility index (Phi) is 4.38. The van der Waals surface area contributed by atoms with Crippen LogP contribution in [-0.2, 0) is 15.6 Å². The van der Waals surface area contributed by atoms with Gasteiger partial charge in [0.05, 0.1) is 11.5 Å². The second kappa shape index (κ2) is 6.28. The first-order valence-electron chi connectivity index (χ1n) is 7.85. The van der Waals surface area contributed by atoms with Crippen molar-refractivity contribution < 1.29 is 13.2 Å². The van der Waals surface area contributed by atoms with Crippen molar-refractivity contribution in [1.29, 1.82) is 0 Å². The van der Waals surface area contributed by atoms with Gasteiger partial charge in [-0.15, -0.1) is 0 Å². The van der Waals surface area contributed by atoms with Gasteiger partial charge in [-0.3, -0.25) is 0 Å². The molecule has 0 aromatic heterocycles. The number of carbonyl (C=O) groups excluding carboxylic acids is 1. The molecule has 0 spiro atoms. The largest absolute Gasteiger partial charge is 0.336 e. The van der Waals surface area contributed by atoms with Gasteiger partial charge in [0.15, 0.2) is 9.84 Å². The van der Waals surface area contributed by atoms with Gasteiger partial charge in [-0.25, -0.2) is 13.2 Å². The van der Waals surface area contributed by atoms with Crippen molar-refractivity contribution in [3.8, 4) is 0 Å². The Morgan fingerprint density at radius 3 is 2.45 bits per heavy atom. The number of nitrogens with one attached hydrogen (secondary N) is 1. The number of nitrogens with zero attached hydrogens (tertiary/aromatic N) is 1. The molecule has 6 heteroatoms. The number of carbonyl (C=O) groups is 1. The molecule has 0 unspecified atom stereocenters. The van der Waals surface area contributed by atoms with Crippen molar-refractivity contribution in [2.75, 3.05) is 25.4 Å². The molecule has 1 aromatic carbocycles. The van der Waals surface area contributed by atoms with Crippen LogP contribution in [0.4, 0.5) is 4.79 Å². The van der Waals surface area contributed by atoms with Gasteiger partial charge in [0.25, 0.3) is 0 Å². The number of hydrogen-bond donors (Lipinski definition) is 1. The van der Waals surface area contributed by atoms with Crippen LogP contribution in [0.1, 0.15) is 36.3 Å². The first kappa shape index (κ1) is 15.3. The van der Waals surface area contributed by atoms with Gasteiger partial charge in [0, 0.05) is 19.6 Å². The highest BCUT2D eigenvalue weighted by atomic mass is 32.2. The van der Waals surface area contributed by atoms with E-state index < -0.39 is 9.84 Å². The molecule has 3 rings (SSSR count). The van der Waals surface area contributed by atoms with Gasteiger partial charge >= 0.3 is 6.03 Å². The molecule has 2 fully saturated rings. The lowest BCUT2D eigenvalue weighted by Gasteiger charge is -2.25. The smallest absolute Gasteiger partial charge is 0.317 e. The number of rotatable bonds is 6. The van der Waals surface area contributed by atoms with E-state index in [1.807, 2.05) is 12.1 Å². The Bertz CT molecular complexity index is 636. The molecule has 1 saturated heterocycles. The standard InChI is InChI=1S/C16H22N2O3S/c19-16-17-8-9-18(16)10-11-22(20,21)12-13-4-6-15(7-5-13)14-2-1-3-14/h4-7,14H,1-3,8-12H2,(H,17,19). The van der Waals surface area contributed by atoms with Crippen LogP contribution in [0, 0.1) is 0 Å². The van der Waals surface area contributed by atoms with E-state index in [2.05, 4.69) is 17.4 Å². The Hall–Kier alpha value is -1.56. The van der Waals surface area contributed by atoms with E-state index in [1.165, 1.54) is 24.8 Å². The van der Waals surface area contributed by atoms with Crippen LogP contribution in [0.5, 0.6) is 0 Å². The minimum Gasteiger partial charge on any atom is -0.336 e. The Balaban J connectivity index is 1.55. The normalized spacial score (nSPS) is 19.1. The van der Waals surface area contributed by atoms with Crippen molar-refractivity contribution in [1.82, 2.24) is 10.2 Å². The number of amides is 2. The summed E-state index contributed by atoms with van der Waals surface area (Å²) in [6.45, 7) is 1.46. The first-order valence-corrected chi connectivity index (χ1v) is 9.68. The van der Waals surface area contributed by atoms with Crippen LogP contribution in [0.15, 0.2) is 24.3 Å². The molecule has 1 aliphatic carbocycles. The summed E-state index contributed by atoms with van der Waals surface area (Å²) in [6.07, 6.45) is 3.79. The lowest BCUT2D eigenvalue weighted by Crippen LogP contribution is -2.32. The summed E-state index contributed by atoms with van der Waals surface area (Å²) >= 11 is 0. The minimum absolute atomic E-state index is 0.0186. The maximum atomic E-state index is 12.2. The second-order valence-electron chi connectivity index (χ2n) is 6.18. The molecule has 0 atom stereocenters. The van der Waals surface area contributed by atoms with Crippen LogP contribution >= 0.6 is 0 Å². The average molecular weight is 322 g/mol. The van der Waals surface area contributed by atoms with Crippen LogP contribution in [-0.4, -0.2) is 44.7 Å². The number of sulfone groups is 1. The number of hydrogen-bond acceptors (Lipinski definition) is 3. The zero-order chi connectivity index (χ0) is 15.6. The molecule has 1 aromatic rings. The third-order valence-corrected chi connectivity index (χ3v) is 6.14. The third-order valence-electron chi connectivity index (χ3n) is 4.56. The predicted molar refractivity (Wildman–Crippen MR) is 85.5 cm³/mol. The third kappa shape index (κ3) is 3.61. The first-order chi connectivity index (χ1) is 10.5. The average Bonchev–Trinajstić information content (AvgIpc) is 2.82. The minimum atomic E-state index is -3.19. The van der Waals surface area contributed by atoms with E-state index in [4.69, 9.17) is 0 Å². The van der Waals surface area contributed by atoms with Crippen molar-refractivity contribution in [2.24, 2.45) is 0 Å². The van der Waals surface area contributed by atoms with Crippen LogP contribution in [0.2, 0.25) is 0 Å². The molecule has 0 radical (unpaired) electrons. The maximum absolute atomic E-state index is 12.2. The molecule has 1 heterocycles. The molecule has 22 heavy (non-hydrogen) atoms. The van der Waals surface area contributed by atoms with Gasteiger partial charge in [0.2, 0.25) is 0 Å². The van der Waals surface area contributed by atoms with Crippen molar-refractivity contribution in [2.45, 2.75) is 30.9 Å². The zero-order valence-electron chi connectivity index (χ0n) is 12.6. The fourth-order valence-electron chi connectivity index (χ4n) is 2.93. The Morgan fingerprint density at radius 1 is 1.18 bits per heavy atom. The fraction of sp³-hybridized carbons (Fsp3) is 0.562. The van der Waals surface area contributed by atoms with E-state index >= 15 is 0 Å². The van der Waals surface area contributed by atoms with Gasteiger partial charge < -0.3 is 10.2 Å². The molecule has 1 saturated carbocycles. The van der Waals surface area contributed by atoms with Crippen LogP contribution < -0.4 is 5.32 Å². The van der Waals surface area contributed by atoms with Crippen LogP contribution in [0.25, 0.3) is 0 Å². The van der Waals surface area contributed by atoms with Gasteiger partial charge in [-0.05, 0) is 29.9 Å². The highest BCUT2D eigenvalue weighted by molar-refractivity contribution is 7.90. The molecule has 5 nitrogen and oxygen atoms in total. The molecular formula is C16H22N2O3S. The van der Waals surface area contributed by atoms with Crippen molar-refractivity contribution in [3.63, 3.8) is 0 Å². The molecule has 1 aliphatic heterocycles. The maximum Gasteiger partial charge on any atom is 0.317 e. The molecular weight excluding hydrogens is 300 g/mol. The zero-order valence-corrected chi connectivity index (χ0v) is 13.4. The fourth-order valence-corrected chi connectivity index (χ4v) is 4.27. The van der Waals surface area contributed by atoms with E-state index in [0.29, 0.717) is 19.0 Å². The summed E-state index contributed by atoms with van der Waals surface area (Å²) in [4.78, 5) is 13.0. The van der Waals surface area contributed by atoms with Gasteiger partial charge in [-0.2, -0.15) is 0 Å². The summed E-state index contributed by atoms with van der Waals surface area (Å²) in [5.41, 5.74) is 2.15. The Morgan fingerprint density at radius 2 is 1.91 bits per heavy atom. The number of urea groups is 1. The van der Waals surface area contributed by atoms with Gasteiger partial charge in [-0.1, -0.05) is 30.7 Å². The lowest BCUT2D eigenvalue weighted by atomic mass is 9.80. The molecule has 2 aliphatic rings. The quantitative estimate of drug-likeness (QED) is 0.870. The summed E-state index contributed by atoms with van der Waals surface area (Å²) in [5.74, 6) is 0.734. The topological polar surface area (TPSA) is 66.5 Å². The van der Waals surface area contributed by atoms with Crippen molar-refractivity contribution >= 4 is 15.9 Å². The highest BCUT2D eigenvalue weighted by Gasteiger charge is 2.22. The summed E-state index contributed by atoms with van der Waals surface area (Å²) in [6, 6.07) is 7.80. The van der Waals surface area contributed by atoms with E-state index in [0.717, 1.165) is 5.56 Å². The van der Waals surface area contributed by atoms with Gasteiger partial charge in [0.1, 0.15) is 0 Å². The molecule has 120 valence electrons. The van der Waals surface area contributed by atoms with E-state index in [9.17, 15) is 13.2 Å². The molecule has 0 bridgehead atoms. The monoisotopic (exact) mass is 322 g/mol. The second-order valence-corrected chi connectivity index (χ2v) is 8.36. The predicted octanol–water partition coefficient (Wildman–Crippen LogP) is 1.89. The van der Waals surface area contributed by atoms with E-state index in [1.54, 1.807) is 4.90 Å². The summed E-state index contributed by atoms with van der Waals surface area (Å²) < 4.78 is 24.4. The van der Waals surface area contributed by atoms with E-state index in [-0.39, 0.29) is 24.1 Å².